The maximum Gasteiger partial charge on any atom is 0.0666 e. The molecule has 1 aromatic heterocycles. The van der Waals surface area contributed by atoms with Crippen LogP contribution in [0.25, 0.3) is 0 Å². The van der Waals surface area contributed by atoms with Crippen molar-refractivity contribution in [2.75, 3.05) is 13.6 Å². The fraction of sp³-hybridized carbons (Fsp3) is 0.714. The van der Waals surface area contributed by atoms with Gasteiger partial charge in [-0.25, -0.2) is 0 Å². The Labute approximate surface area is 76.5 Å². The van der Waals surface area contributed by atoms with E-state index in [1.165, 1.54) is 16.4 Å². The molecule has 5 heteroatoms. The third-order valence-corrected chi connectivity index (χ3v) is 2.20. The van der Waals surface area contributed by atoms with E-state index < -0.39 is 0 Å². The van der Waals surface area contributed by atoms with Crippen molar-refractivity contribution in [2.45, 2.75) is 19.5 Å². The van der Waals surface area contributed by atoms with Gasteiger partial charge in [-0.2, -0.15) is 0 Å². The lowest BCUT2D eigenvalue weighted by molar-refractivity contribution is 0.525. The number of nitrogens with zero attached hydrogens (tertiary/aromatic N) is 2. The first-order chi connectivity index (χ1) is 5.83. The molecule has 0 radical (unpaired) electrons. The van der Waals surface area contributed by atoms with E-state index in [1.807, 2.05) is 7.05 Å². The highest BCUT2D eigenvalue weighted by atomic mass is 32.1. The van der Waals surface area contributed by atoms with Gasteiger partial charge in [0.05, 0.1) is 11.1 Å². The SMILES string of the molecule is CNCC(C)NCc1cnns1. The zero-order chi connectivity index (χ0) is 8.81. The van der Waals surface area contributed by atoms with E-state index in [9.17, 15) is 0 Å². The van der Waals surface area contributed by atoms with Crippen LogP contribution in [0.15, 0.2) is 6.20 Å². The van der Waals surface area contributed by atoms with E-state index in [1.54, 1.807) is 6.20 Å². The molecular weight excluding hydrogens is 172 g/mol. The van der Waals surface area contributed by atoms with Gasteiger partial charge < -0.3 is 10.6 Å². The van der Waals surface area contributed by atoms with Crippen molar-refractivity contribution in [1.29, 1.82) is 0 Å². The van der Waals surface area contributed by atoms with Gasteiger partial charge in [-0.1, -0.05) is 4.49 Å². The number of aromatic nitrogens is 2. The molecule has 0 saturated heterocycles. The predicted octanol–water partition coefficient (Wildman–Crippen LogP) is 0.236. The molecule has 12 heavy (non-hydrogen) atoms. The quantitative estimate of drug-likeness (QED) is 0.691. The zero-order valence-electron chi connectivity index (χ0n) is 7.37. The molecule has 0 aliphatic rings. The molecule has 2 N–H and O–H groups in total. The molecule has 4 nitrogen and oxygen atoms in total. The van der Waals surface area contributed by atoms with Gasteiger partial charge in [-0.15, -0.1) is 5.10 Å². The first-order valence-corrected chi connectivity index (χ1v) is 4.74. The standard InChI is InChI=1S/C7H14N4S/c1-6(3-8-2)9-4-7-5-10-11-12-7/h5-6,8-9H,3-4H2,1-2H3. The minimum atomic E-state index is 0.483. The van der Waals surface area contributed by atoms with Crippen LogP contribution in [-0.2, 0) is 6.54 Å². The van der Waals surface area contributed by atoms with Crippen molar-refractivity contribution in [3.63, 3.8) is 0 Å². The van der Waals surface area contributed by atoms with Gasteiger partial charge in [0, 0.05) is 19.1 Å². The van der Waals surface area contributed by atoms with E-state index in [0.29, 0.717) is 6.04 Å². The maximum atomic E-state index is 3.78. The topological polar surface area (TPSA) is 49.8 Å². The van der Waals surface area contributed by atoms with Crippen LogP contribution in [0, 0.1) is 0 Å². The average molecular weight is 186 g/mol. The predicted molar refractivity (Wildman–Crippen MR) is 50.1 cm³/mol. The van der Waals surface area contributed by atoms with Crippen LogP contribution < -0.4 is 10.6 Å². The van der Waals surface area contributed by atoms with Gasteiger partial charge >= 0.3 is 0 Å². The Morgan fingerprint density at radius 3 is 3.08 bits per heavy atom. The van der Waals surface area contributed by atoms with Crippen LogP contribution in [0.2, 0.25) is 0 Å². The smallest absolute Gasteiger partial charge is 0.0666 e. The van der Waals surface area contributed by atoms with Crippen molar-refractivity contribution >= 4 is 11.5 Å². The molecule has 0 saturated carbocycles. The third kappa shape index (κ3) is 3.25. The van der Waals surface area contributed by atoms with Crippen LogP contribution in [0.4, 0.5) is 0 Å². The summed E-state index contributed by atoms with van der Waals surface area (Å²) in [6.45, 7) is 3.98. The maximum absolute atomic E-state index is 3.78. The van der Waals surface area contributed by atoms with Gasteiger partial charge in [-0.05, 0) is 25.5 Å². The normalized spacial score (nSPS) is 13.2. The highest BCUT2D eigenvalue weighted by Gasteiger charge is 2.00. The molecule has 1 atom stereocenters. The molecular formula is C7H14N4S. The largest absolute Gasteiger partial charge is 0.318 e. The summed E-state index contributed by atoms with van der Waals surface area (Å²) in [5, 5.41) is 10.2. The molecule has 0 amide bonds. The van der Waals surface area contributed by atoms with Crippen molar-refractivity contribution in [3.05, 3.63) is 11.1 Å². The highest BCUT2D eigenvalue weighted by Crippen LogP contribution is 2.00. The summed E-state index contributed by atoms with van der Waals surface area (Å²) in [4.78, 5) is 1.18. The molecule has 1 aromatic rings. The summed E-state index contributed by atoms with van der Waals surface area (Å²) in [7, 11) is 1.95. The second kappa shape index (κ2) is 5.18. The first kappa shape index (κ1) is 9.57. The summed E-state index contributed by atoms with van der Waals surface area (Å²) < 4.78 is 3.78. The monoisotopic (exact) mass is 186 g/mol. The van der Waals surface area contributed by atoms with E-state index >= 15 is 0 Å². The molecule has 1 rings (SSSR count). The Morgan fingerprint density at radius 1 is 1.67 bits per heavy atom. The second-order valence-electron chi connectivity index (χ2n) is 2.72. The Hall–Kier alpha value is -0.520. The second-order valence-corrected chi connectivity index (χ2v) is 3.59. The first-order valence-electron chi connectivity index (χ1n) is 3.97. The molecule has 0 aliphatic heterocycles. The van der Waals surface area contributed by atoms with Crippen LogP contribution in [0.3, 0.4) is 0 Å². The number of likely N-dealkylation sites (N-methyl/N-ethyl adjacent to an activating group) is 1. The van der Waals surface area contributed by atoms with Gasteiger partial charge in [0.2, 0.25) is 0 Å². The van der Waals surface area contributed by atoms with Gasteiger partial charge in [0.25, 0.3) is 0 Å². The lowest BCUT2D eigenvalue weighted by Gasteiger charge is -2.11. The molecule has 0 bridgehead atoms. The lowest BCUT2D eigenvalue weighted by Crippen LogP contribution is -2.34. The Kier molecular flexibility index (Phi) is 4.13. The Morgan fingerprint density at radius 2 is 2.50 bits per heavy atom. The highest BCUT2D eigenvalue weighted by molar-refractivity contribution is 7.05. The fourth-order valence-electron chi connectivity index (χ4n) is 0.919. The van der Waals surface area contributed by atoms with E-state index in [2.05, 4.69) is 27.1 Å². The molecule has 0 fully saturated rings. The molecule has 1 heterocycles. The minimum absolute atomic E-state index is 0.483. The number of hydrogen-bond donors (Lipinski definition) is 2. The fourth-order valence-corrected chi connectivity index (χ4v) is 1.36. The molecule has 1 unspecified atom stereocenters. The van der Waals surface area contributed by atoms with Crippen LogP contribution in [0.1, 0.15) is 11.8 Å². The average Bonchev–Trinajstić information content (AvgIpc) is 2.53. The Balaban J connectivity index is 2.17. The Bertz CT molecular complexity index is 199. The molecule has 0 spiro atoms. The van der Waals surface area contributed by atoms with E-state index in [4.69, 9.17) is 0 Å². The van der Waals surface area contributed by atoms with Crippen molar-refractivity contribution in [1.82, 2.24) is 20.2 Å². The summed E-state index contributed by atoms with van der Waals surface area (Å²) in [6.07, 6.45) is 1.80. The number of nitrogens with one attached hydrogen (secondary N) is 2. The number of hydrogen-bond acceptors (Lipinski definition) is 5. The van der Waals surface area contributed by atoms with Gasteiger partial charge in [0.1, 0.15) is 0 Å². The summed E-state index contributed by atoms with van der Waals surface area (Å²) in [6, 6.07) is 0.483. The van der Waals surface area contributed by atoms with Gasteiger partial charge in [0.15, 0.2) is 0 Å². The summed E-state index contributed by atoms with van der Waals surface area (Å²) >= 11 is 1.44. The van der Waals surface area contributed by atoms with Gasteiger partial charge in [-0.3, -0.25) is 0 Å². The molecule has 68 valence electrons. The van der Waals surface area contributed by atoms with E-state index in [-0.39, 0.29) is 0 Å². The summed E-state index contributed by atoms with van der Waals surface area (Å²) in [5.74, 6) is 0. The van der Waals surface area contributed by atoms with Crippen molar-refractivity contribution in [3.8, 4) is 0 Å². The zero-order valence-corrected chi connectivity index (χ0v) is 8.19. The van der Waals surface area contributed by atoms with Crippen LogP contribution in [0.5, 0.6) is 0 Å². The van der Waals surface area contributed by atoms with Crippen molar-refractivity contribution in [2.24, 2.45) is 0 Å². The van der Waals surface area contributed by atoms with Crippen molar-refractivity contribution < 1.29 is 0 Å². The summed E-state index contributed by atoms with van der Waals surface area (Å²) in [5.41, 5.74) is 0. The van der Waals surface area contributed by atoms with Crippen LogP contribution >= 0.6 is 11.5 Å². The van der Waals surface area contributed by atoms with Crippen LogP contribution in [-0.4, -0.2) is 29.2 Å². The number of rotatable bonds is 5. The molecule has 0 aliphatic carbocycles. The molecule has 0 aromatic carbocycles. The minimum Gasteiger partial charge on any atom is -0.318 e. The lowest BCUT2D eigenvalue weighted by atomic mass is 10.3. The third-order valence-electron chi connectivity index (χ3n) is 1.54. The van der Waals surface area contributed by atoms with E-state index in [0.717, 1.165) is 13.1 Å².